The molecule has 3 N–H and O–H groups in total. The van der Waals surface area contributed by atoms with Crippen molar-refractivity contribution in [3.63, 3.8) is 0 Å². The minimum absolute atomic E-state index is 0.174. The monoisotopic (exact) mass is 308 g/mol. The van der Waals surface area contributed by atoms with Crippen LogP contribution in [0.1, 0.15) is 28.9 Å². The Morgan fingerprint density at radius 2 is 1.90 bits per heavy atom. The fraction of sp³-hybridized carbons (Fsp3) is 0.133. The highest BCUT2D eigenvalue weighted by atomic mass is 35.5. The van der Waals surface area contributed by atoms with Crippen molar-refractivity contribution >= 4 is 34.8 Å². The Morgan fingerprint density at radius 3 is 2.55 bits per heavy atom. The van der Waals surface area contributed by atoms with Gasteiger partial charge < -0.3 is 11.1 Å². The van der Waals surface area contributed by atoms with E-state index in [1.165, 1.54) is 6.07 Å². The molecule has 2 aromatic carbocycles. The van der Waals surface area contributed by atoms with E-state index in [-0.39, 0.29) is 11.9 Å². The number of halogens is 2. The number of hydrogen-bond donors (Lipinski definition) is 2. The molecule has 0 aliphatic rings. The summed E-state index contributed by atoms with van der Waals surface area (Å²) < 4.78 is 0. The van der Waals surface area contributed by atoms with Gasteiger partial charge in [0.25, 0.3) is 5.91 Å². The van der Waals surface area contributed by atoms with Crippen LogP contribution >= 0.6 is 23.2 Å². The van der Waals surface area contributed by atoms with Crippen LogP contribution < -0.4 is 11.1 Å². The molecule has 0 bridgehead atoms. The average Bonchev–Trinajstić information content (AvgIpc) is 2.38. The fourth-order valence-corrected chi connectivity index (χ4v) is 2.37. The number of benzene rings is 2. The molecule has 2 aromatic rings. The summed E-state index contributed by atoms with van der Waals surface area (Å²) in [7, 11) is 0. The maximum atomic E-state index is 12.2. The van der Waals surface area contributed by atoms with E-state index in [0.717, 1.165) is 5.56 Å². The lowest BCUT2D eigenvalue weighted by Crippen LogP contribution is -2.16. The summed E-state index contributed by atoms with van der Waals surface area (Å²) in [5, 5.41) is 3.62. The number of rotatable bonds is 3. The van der Waals surface area contributed by atoms with Gasteiger partial charge in [-0.2, -0.15) is 0 Å². The highest BCUT2D eigenvalue weighted by Gasteiger charge is 2.13. The van der Waals surface area contributed by atoms with Crippen molar-refractivity contribution in [1.29, 1.82) is 0 Å². The number of para-hydroxylation sites is 1. The van der Waals surface area contributed by atoms with Crippen molar-refractivity contribution in [1.82, 2.24) is 0 Å². The highest BCUT2D eigenvalue weighted by molar-refractivity contribution is 6.37. The van der Waals surface area contributed by atoms with Crippen LogP contribution in [0.15, 0.2) is 42.5 Å². The van der Waals surface area contributed by atoms with E-state index in [1.807, 2.05) is 25.1 Å². The molecule has 0 aliphatic carbocycles. The van der Waals surface area contributed by atoms with E-state index >= 15 is 0 Å². The van der Waals surface area contributed by atoms with Crippen molar-refractivity contribution in [3.05, 3.63) is 63.6 Å². The lowest BCUT2D eigenvalue weighted by atomic mass is 10.1. The first-order chi connectivity index (χ1) is 9.49. The molecule has 0 radical (unpaired) electrons. The number of anilines is 1. The van der Waals surface area contributed by atoms with Crippen molar-refractivity contribution in [3.8, 4) is 0 Å². The second kappa shape index (κ2) is 6.27. The van der Waals surface area contributed by atoms with Gasteiger partial charge in [0.2, 0.25) is 0 Å². The normalized spacial score (nSPS) is 12.0. The third-order valence-corrected chi connectivity index (χ3v) is 3.42. The van der Waals surface area contributed by atoms with Crippen LogP contribution in [0.25, 0.3) is 0 Å². The molecule has 0 fully saturated rings. The first kappa shape index (κ1) is 14.9. The minimum atomic E-state index is -0.292. The predicted molar refractivity (Wildman–Crippen MR) is 83.5 cm³/mol. The van der Waals surface area contributed by atoms with E-state index in [9.17, 15) is 4.79 Å². The van der Waals surface area contributed by atoms with Gasteiger partial charge in [-0.3, -0.25) is 4.79 Å². The van der Waals surface area contributed by atoms with Crippen molar-refractivity contribution in [2.75, 3.05) is 5.32 Å². The van der Waals surface area contributed by atoms with Crippen LogP contribution in [-0.4, -0.2) is 5.91 Å². The summed E-state index contributed by atoms with van der Waals surface area (Å²) in [5.74, 6) is -0.292. The summed E-state index contributed by atoms with van der Waals surface area (Å²) in [6, 6.07) is 12.0. The molecule has 0 spiro atoms. The molecule has 5 heteroatoms. The van der Waals surface area contributed by atoms with Crippen LogP contribution in [-0.2, 0) is 0 Å². The largest absolute Gasteiger partial charge is 0.324 e. The number of nitrogens with one attached hydrogen (secondary N) is 1. The van der Waals surface area contributed by atoms with E-state index in [1.54, 1.807) is 18.2 Å². The molecular weight excluding hydrogens is 295 g/mol. The molecule has 0 saturated heterocycles. The van der Waals surface area contributed by atoms with Gasteiger partial charge >= 0.3 is 0 Å². The van der Waals surface area contributed by atoms with Crippen LogP contribution in [0, 0.1) is 0 Å². The van der Waals surface area contributed by atoms with Crippen LogP contribution in [0.2, 0.25) is 10.0 Å². The third kappa shape index (κ3) is 3.31. The Kier molecular flexibility index (Phi) is 4.65. The van der Waals surface area contributed by atoms with Gasteiger partial charge in [-0.25, -0.2) is 0 Å². The summed E-state index contributed by atoms with van der Waals surface area (Å²) >= 11 is 11.8. The van der Waals surface area contributed by atoms with Gasteiger partial charge in [0.15, 0.2) is 0 Å². The van der Waals surface area contributed by atoms with Gasteiger partial charge in [0, 0.05) is 16.8 Å². The molecule has 104 valence electrons. The summed E-state index contributed by atoms with van der Waals surface area (Å²) in [6.07, 6.45) is 0. The van der Waals surface area contributed by atoms with Gasteiger partial charge in [0.05, 0.1) is 10.6 Å². The van der Waals surface area contributed by atoms with Crippen LogP contribution in [0.4, 0.5) is 5.69 Å². The van der Waals surface area contributed by atoms with E-state index in [4.69, 9.17) is 28.9 Å². The number of nitrogens with two attached hydrogens (primary N) is 1. The topological polar surface area (TPSA) is 55.1 Å². The van der Waals surface area contributed by atoms with Crippen molar-refractivity contribution < 1.29 is 4.79 Å². The third-order valence-electron chi connectivity index (χ3n) is 2.88. The first-order valence-electron chi connectivity index (χ1n) is 6.10. The smallest absolute Gasteiger partial charge is 0.257 e. The minimum Gasteiger partial charge on any atom is -0.324 e. The molecular formula is C15H14Cl2N2O. The summed E-state index contributed by atoms with van der Waals surface area (Å²) in [4.78, 5) is 12.2. The Morgan fingerprint density at radius 1 is 1.20 bits per heavy atom. The zero-order valence-corrected chi connectivity index (χ0v) is 12.4. The number of amides is 1. The molecule has 2 rings (SSSR count). The van der Waals surface area contributed by atoms with Crippen molar-refractivity contribution in [2.24, 2.45) is 5.73 Å². The second-order valence-electron chi connectivity index (χ2n) is 4.45. The molecule has 1 unspecified atom stereocenters. The van der Waals surface area contributed by atoms with Gasteiger partial charge in [0.1, 0.15) is 0 Å². The average molecular weight is 309 g/mol. The van der Waals surface area contributed by atoms with E-state index in [0.29, 0.717) is 21.3 Å². The molecule has 1 atom stereocenters. The second-order valence-corrected chi connectivity index (χ2v) is 5.30. The molecule has 3 nitrogen and oxygen atoms in total. The zero-order valence-electron chi connectivity index (χ0n) is 10.9. The van der Waals surface area contributed by atoms with Crippen LogP contribution in [0.3, 0.4) is 0 Å². The Hall–Kier alpha value is -1.55. The maximum Gasteiger partial charge on any atom is 0.257 e. The number of carbonyl (C=O) groups is 1. The van der Waals surface area contributed by atoms with Crippen molar-refractivity contribution in [2.45, 2.75) is 13.0 Å². The van der Waals surface area contributed by atoms with Gasteiger partial charge in [-0.05, 0) is 36.8 Å². The summed E-state index contributed by atoms with van der Waals surface area (Å²) in [5.41, 5.74) is 7.80. The number of hydrogen-bond acceptors (Lipinski definition) is 2. The lowest BCUT2D eigenvalue weighted by molar-refractivity contribution is 0.102. The molecule has 0 saturated carbocycles. The quantitative estimate of drug-likeness (QED) is 0.890. The van der Waals surface area contributed by atoms with E-state index in [2.05, 4.69) is 5.32 Å². The SMILES string of the molecule is CC(N)c1ccccc1NC(=O)c1ccc(Cl)cc1Cl. The molecule has 0 aromatic heterocycles. The Labute approximate surface area is 127 Å². The molecule has 20 heavy (non-hydrogen) atoms. The summed E-state index contributed by atoms with van der Waals surface area (Å²) in [6.45, 7) is 1.86. The number of carbonyl (C=O) groups excluding carboxylic acids is 1. The van der Waals surface area contributed by atoms with E-state index < -0.39 is 0 Å². The Bertz CT molecular complexity index is 642. The van der Waals surface area contributed by atoms with Gasteiger partial charge in [-0.15, -0.1) is 0 Å². The predicted octanol–water partition coefficient (Wildman–Crippen LogP) is 4.27. The fourth-order valence-electron chi connectivity index (χ4n) is 1.87. The van der Waals surface area contributed by atoms with Gasteiger partial charge in [-0.1, -0.05) is 41.4 Å². The highest BCUT2D eigenvalue weighted by Crippen LogP contribution is 2.24. The lowest BCUT2D eigenvalue weighted by Gasteiger charge is -2.14. The zero-order chi connectivity index (χ0) is 14.7. The molecule has 0 aliphatic heterocycles. The molecule has 0 heterocycles. The maximum absolute atomic E-state index is 12.2. The standard InChI is InChI=1S/C15H14Cl2N2O/c1-9(18)11-4-2-3-5-14(11)19-15(20)12-7-6-10(16)8-13(12)17/h2-9H,18H2,1H3,(H,19,20). The Balaban J connectivity index is 2.28. The van der Waals surface area contributed by atoms with Crippen LogP contribution in [0.5, 0.6) is 0 Å². The first-order valence-corrected chi connectivity index (χ1v) is 6.85. The molecule has 1 amide bonds.